The average Bonchev–Trinajstić information content (AvgIpc) is 2.62. The van der Waals surface area contributed by atoms with E-state index in [1.807, 2.05) is 26.0 Å². The van der Waals surface area contributed by atoms with Crippen molar-refractivity contribution in [3.63, 3.8) is 0 Å². The molecule has 0 radical (unpaired) electrons. The summed E-state index contributed by atoms with van der Waals surface area (Å²) < 4.78 is 5.81. The fourth-order valence-electron chi connectivity index (χ4n) is 3.46. The minimum Gasteiger partial charge on any atom is -0.508 e. The van der Waals surface area contributed by atoms with E-state index >= 15 is 0 Å². The molecule has 3 heteroatoms. The first-order valence-corrected chi connectivity index (χ1v) is 10.3. The molecule has 28 heavy (non-hydrogen) atoms. The van der Waals surface area contributed by atoms with Crippen molar-refractivity contribution in [1.29, 1.82) is 0 Å². The summed E-state index contributed by atoms with van der Waals surface area (Å²) in [5.74, 6) is 1.14. The Bertz CT molecular complexity index is 849. The Morgan fingerprint density at radius 1 is 0.929 bits per heavy atom. The van der Waals surface area contributed by atoms with E-state index in [9.17, 15) is 9.90 Å². The highest BCUT2D eigenvalue weighted by Crippen LogP contribution is 2.40. The van der Waals surface area contributed by atoms with E-state index in [-0.39, 0.29) is 11.9 Å². The highest BCUT2D eigenvalue weighted by atomic mass is 16.5. The molecule has 0 saturated carbocycles. The fraction of sp³-hybridized carbons (Fsp3) is 0.480. The summed E-state index contributed by atoms with van der Waals surface area (Å²) in [6.45, 7) is 14.4. The molecule has 0 saturated heterocycles. The minimum absolute atomic E-state index is 0.0356. The van der Waals surface area contributed by atoms with Gasteiger partial charge < -0.3 is 9.84 Å². The topological polar surface area (TPSA) is 46.5 Å². The van der Waals surface area contributed by atoms with Gasteiger partial charge in [-0.15, -0.1) is 0 Å². The maximum atomic E-state index is 12.4. The number of phenolic OH excluding ortho intramolecular Hbond substituents is 1. The summed E-state index contributed by atoms with van der Waals surface area (Å²) in [6.07, 6.45) is 2.03. The number of ether oxygens (including phenoxy) is 1. The van der Waals surface area contributed by atoms with Crippen LogP contribution in [0, 0.1) is 33.6 Å². The van der Waals surface area contributed by atoms with Gasteiger partial charge in [0.2, 0.25) is 0 Å². The first-order chi connectivity index (χ1) is 13.1. The van der Waals surface area contributed by atoms with Crippen molar-refractivity contribution in [3.8, 4) is 11.5 Å². The zero-order valence-electron chi connectivity index (χ0n) is 18.3. The Labute approximate surface area is 169 Å². The Balaban J connectivity index is 2.48. The van der Waals surface area contributed by atoms with Gasteiger partial charge in [-0.05, 0) is 80.8 Å². The first kappa shape index (κ1) is 22.0. The number of rotatable bonds is 7. The summed E-state index contributed by atoms with van der Waals surface area (Å²) in [6, 6.07) is 7.93. The molecular weight excluding hydrogens is 348 g/mol. The Morgan fingerprint density at radius 2 is 1.46 bits per heavy atom. The van der Waals surface area contributed by atoms with Gasteiger partial charge in [0.1, 0.15) is 11.5 Å². The summed E-state index contributed by atoms with van der Waals surface area (Å²) >= 11 is 0. The number of esters is 1. The van der Waals surface area contributed by atoms with E-state index in [4.69, 9.17) is 4.74 Å². The molecule has 1 N–H and O–H groups in total. The molecule has 0 spiro atoms. The molecular formula is C25H34O3. The smallest absolute Gasteiger partial charge is 0.311 e. The van der Waals surface area contributed by atoms with Crippen molar-refractivity contribution in [1.82, 2.24) is 0 Å². The van der Waals surface area contributed by atoms with Crippen molar-refractivity contribution in [2.24, 2.45) is 5.92 Å². The number of aromatic hydroxyl groups is 1. The monoisotopic (exact) mass is 382 g/mol. The maximum absolute atomic E-state index is 12.4. The molecule has 2 aromatic rings. The molecule has 2 aromatic carbocycles. The van der Waals surface area contributed by atoms with Crippen LogP contribution >= 0.6 is 0 Å². The number of hydrogen-bond donors (Lipinski definition) is 1. The third-order valence-corrected chi connectivity index (χ3v) is 5.58. The lowest BCUT2D eigenvalue weighted by molar-refractivity contribution is -0.134. The van der Waals surface area contributed by atoms with Gasteiger partial charge >= 0.3 is 5.97 Å². The quantitative estimate of drug-likeness (QED) is 0.438. The largest absolute Gasteiger partial charge is 0.508 e. The normalized spacial score (nSPS) is 12.3. The van der Waals surface area contributed by atoms with Gasteiger partial charge in [-0.1, -0.05) is 32.9 Å². The number of hydrogen-bond acceptors (Lipinski definition) is 3. The third kappa shape index (κ3) is 5.15. The van der Waals surface area contributed by atoms with E-state index in [0.29, 0.717) is 23.8 Å². The molecule has 152 valence electrons. The van der Waals surface area contributed by atoms with E-state index in [0.717, 1.165) is 46.2 Å². The van der Waals surface area contributed by atoms with Gasteiger partial charge in [-0.2, -0.15) is 0 Å². The van der Waals surface area contributed by atoms with Crippen LogP contribution in [0.15, 0.2) is 24.3 Å². The zero-order valence-corrected chi connectivity index (χ0v) is 18.3. The van der Waals surface area contributed by atoms with Crippen LogP contribution in [0.1, 0.15) is 79.3 Å². The molecule has 0 fully saturated rings. The van der Waals surface area contributed by atoms with Crippen LogP contribution in [0.25, 0.3) is 0 Å². The van der Waals surface area contributed by atoms with Gasteiger partial charge in [0.25, 0.3) is 0 Å². The van der Waals surface area contributed by atoms with Gasteiger partial charge in [0.05, 0.1) is 0 Å². The number of aryl methyl sites for hydroxylation is 4. The van der Waals surface area contributed by atoms with Crippen molar-refractivity contribution in [3.05, 3.63) is 57.6 Å². The summed E-state index contributed by atoms with van der Waals surface area (Å²) in [4.78, 5) is 12.4. The number of carbonyl (C=O) groups excluding carboxylic acids is 1. The number of phenols is 1. The summed E-state index contributed by atoms with van der Waals surface area (Å²) in [5, 5.41) is 10.6. The van der Waals surface area contributed by atoms with Crippen LogP contribution < -0.4 is 4.74 Å². The van der Waals surface area contributed by atoms with E-state index in [1.165, 1.54) is 0 Å². The van der Waals surface area contributed by atoms with Crippen molar-refractivity contribution < 1.29 is 14.6 Å². The summed E-state index contributed by atoms with van der Waals surface area (Å²) in [5.41, 5.74) is 6.30. The zero-order chi connectivity index (χ0) is 21.0. The number of benzene rings is 2. The molecule has 0 aromatic heterocycles. The van der Waals surface area contributed by atoms with Crippen molar-refractivity contribution in [2.45, 2.75) is 73.6 Å². The highest BCUT2D eigenvalue weighted by Gasteiger charge is 2.23. The van der Waals surface area contributed by atoms with Crippen LogP contribution in [0.5, 0.6) is 11.5 Å². The molecule has 0 amide bonds. The first-order valence-electron chi connectivity index (χ1n) is 10.3. The third-order valence-electron chi connectivity index (χ3n) is 5.58. The van der Waals surface area contributed by atoms with Gasteiger partial charge in [0.15, 0.2) is 0 Å². The molecule has 0 aliphatic rings. The molecule has 1 atom stereocenters. The van der Waals surface area contributed by atoms with Crippen LogP contribution in [0.4, 0.5) is 0 Å². The van der Waals surface area contributed by atoms with Crippen molar-refractivity contribution in [2.75, 3.05) is 0 Å². The molecule has 0 heterocycles. The van der Waals surface area contributed by atoms with Crippen LogP contribution in [0.3, 0.4) is 0 Å². The Kier molecular flexibility index (Phi) is 7.29. The van der Waals surface area contributed by atoms with E-state index < -0.39 is 0 Å². The molecule has 0 bridgehead atoms. The summed E-state index contributed by atoms with van der Waals surface area (Å²) in [7, 11) is 0. The second-order valence-electron chi connectivity index (χ2n) is 8.34. The van der Waals surface area contributed by atoms with Crippen LogP contribution in [-0.2, 0) is 4.79 Å². The van der Waals surface area contributed by atoms with E-state index in [1.54, 1.807) is 0 Å². The van der Waals surface area contributed by atoms with Crippen LogP contribution in [-0.4, -0.2) is 11.1 Å². The maximum Gasteiger partial charge on any atom is 0.311 e. The fourth-order valence-corrected chi connectivity index (χ4v) is 3.46. The Hall–Kier alpha value is -2.29. The standard InChI is InChI=1S/C25H34O3/c1-8-20(21-11-16(4)18(6)13-23(21)26)22-12-17(5)19(7)14-24(22)28-25(27)10-9-15(2)3/h11-15,20,26H,8-10H2,1-7H3. The highest BCUT2D eigenvalue weighted by molar-refractivity contribution is 5.73. The average molecular weight is 383 g/mol. The molecule has 0 aliphatic heterocycles. The second kappa shape index (κ2) is 9.27. The SMILES string of the molecule is CCC(c1cc(C)c(C)cc1O)c1cc(C)c(C)cc1OC(=O)CCC(C)C. The lowest BCUT2D eigenvalue weighted by atomic mass is 9.85. The lowest BCUT2D eigenvalue weighted by Gasteiger charge is -2.23. The van der Waals surface area contributed by atoms with Crippen LogP contribution in [0.2, 0.25) is 0 Å². The van der Waals surface area contributed by atoms with Gasteiger partial charge in [0, 0.05) is 23.5 Å². The van der Waals surface area contributed by atoms with Gasteiger partial charge in [-0.25, -0.2) is 0 Å². The molecule has 0 aliphatic carbocycles. The number of carbonyl (C=O) groups is 1. The second-order valence-corrected chi connectivity index (χ2v) is 8.34. The lowest BCUT2D eigenvalue weighted by Crippen LogP contribution is -2.13. The molecule has 2 rings (SSSR count). The van der Waals surface area contributed by atoms with Crippen molar-refractivity contribution >= 4 is 5.97 Å². The Morgan fingerprint density at radius 3 is 2.04 bits per heavy atom. The van der Waals surface area contributed by atoms with E-state index in [2.05, 4.69) is 46.8 Å². The minimum atomic E-state index is -0.197. The van der Waals surface area contributed by atoms with Gasteiger partial charge in [-0.3, -0.25) is 4.79 Å². The molecule has 1 unspecified atom stereocenters. The predicted octanol–water partition coefficient (Wildman–Crippen LogP) is 6.51. The molecule has 3 nitrogen and oxygen atoms in total. The predicted molar refractivity (Wildman–Crippen MR) is 115 cm³/mol.